The smallest absolute Gasteiger partial charge is 0.334 e. The van der Waals surface area contributed by atoms with Crippen molar-refractivity contribution in [3.63, 3.8) is 0 Å². The number of carbonyl (C=O) groups excluding carboxylic acids is 3. The van der Waals surface area contributed by atoms with E-state index in [-0.39, 0.29) is 49.0 Å². The zero-order valence-electron chi connectivity index (χ0n) is 20.7. The van der Waals surface area contributed by atoms with Gasteiger partial charge in [-0.3, -0.25) is 9.59 Å². The van der Waals surface area contributed by atoms with Crippen LogP contribution in [0.5, 0.6) is 0 Å². The molecule has 0 radical (unpaired) electrons. The highest BCUT2D eigenvalue weighted by atomic mass is 19.1. The SMILES string of the molecule is CC(C)[C@H]1C(=O)N(CCc2ccc(F)cc2)C[C@H]2N1C(=O)CN(C)N2C(=O)NCc1ccc(F)cc1. The maximum absolute atomic E-state index is 13.4. The van der Waals surface area contributed by atoms with Gasteiger partial charge < -0.3 is 15.1 Å². The first-order valence-corrected chi connectivity index (χ1v) is 12.0. The molecular formula is C26H31F2N5O3. The van der Waals surface area contributed by atoms with Crippen molar-refractivity contribution in [1.29, 1.82) is 0 Å². The first-order chi connectivity index (χ1) is 17.2. The first kappa shape index (κ1) is 25.6. The Labute approximate surface area is 209 Å². The highest BCUT2D eigenvalue weighted by Gasteiger charge is 2.51. The average Bonchev–Trinajstić information content (AvgIpc) is 2.83. The molecular weight excluding hydrogens is 468 g/mol. The summed E-state index contributed by atoms with van der Waals surface area (Å²) in [6.45, 7) is 4.45. The second kappa shape index (κ2) is 10.6. The molecule has 4 rings (SSSR count). The normalized spacial score (nSPS) is 20.7. The molecule has 8 nitrogen and oxygen atoms in total. The minimum Gasteiger partial charge on any atom is -0.337 e. The van der Waals surface area contributed by atoms with Gasteiger partial charge in [0, 0.05) is 20.1 Å². The van der Waals surface area contributed by atoms with E-state index in [1.54, 1.807) is 46.1 Å². The summed E-state index contributed by atoms with van der Waals surface area (Å²) >= 11 is 0. The Hall–Kier alpha value is -3.53. The Morgan fingerprint density at radius 1 is 1.00 bits per heavy atom. The molecule has 2 aliphatic rings. The van der Waals surface area contributed by atoms with Crippen molar-refractivity contribution in [1.82, 2.24) is 25.1 Å². The van der Waals surface area contributed by atoms with Crippen molar-refractivity contribution < 1.29 is 23.2 Å². The van der Waals surface area contributed by atoms with Gasteiger partial charge in [-0.05, 0) is 47.7 Å². The molecule has 1 N–H and O–H groups in total. The van der Waals surface area contributed by atoms with Crippen LogP contribution in [0.4, 0.5) is 13.6 Å². The summed E-state index contributed by atoms with van der Waals surface area (Å²) < 4.78 is 26.5. The fourth-order valence-corrected chi connectivity index (χ4v) is 4.84. The highest BCUT2D eigenvalue weighted by Crippen LogP contribution is 2.29. The third-order valence-corrected chi connectivity index (χ3v) is 6.65. The van der Waals surface area contributed by atoms with Crippen LogP contribution in [0.15, 0.2) is 48.5 Å². The number of amides is 4. The average molecular weight is 500 g/mol. The summed E-state index contributed by atoms with van der Waals surface area (Å²) in [7, 11) is 1.66. The van der Waals surface area contributed by atoms with E-state index in [0.717, 1.165) is 11.1 Å². The molecule has 0 spiro atoms. The van der Waals surface area contributed by atoms with E-state index in [1.165, 1.54) is 29.3 Å². The molecule has 2 aromatic carbocycles. The van der Waals surface area contributed by atoms with Crippen LogP contribution in [0.25, 0.3) is 0 Å². The fraction of sp³-hybridized carbons (Fsp3) is 0.423. The Morgan fingerprint density at radius 2 is 1.58 bits per heavy atom. The number of carbonyl (C=O) groups is 3. The van der Waals surface area contributed by atoms with Crippen LogP contribution < -0.4 is 5.32 Å². The lowest BCUT2D eigenvalue weighted by atomic mass is 9.96. The Bertz CT molecular complexity index is 1110. The van der Waals surface area contributed by atoms with E-state index in [1.807, 2.05) is 13.8 Å². The number of fused-ring (bicyclic) bond motifs is 1. The highest BCUT2D eigenvalue weighted by molar-refractivity contribution is 5.91. The molecule has 0 aliphatic carbocycles. The minimum atomic E-state index is -0.703. The number of likely N-dealkylation sites (N-methyl/N-ethyl adjacent to an activating group) is 1. The minimum absolute atomic E-state index is 0.0352. The van der Waals surface area contributed by atoms with E-state index in [0.29, 0.717) is 13.0 Å². The first-order valence-electron chi connectivity index (χ1n) is 12.0. The number of hydrogen-bond donors (Lipinski definition) is 1. The third kappa shape index (κ3) is 5.33. The van der Waals surface area contributed by atoms with E-state index < -0.39 is 18.2 Å². The van der Waals surface area contributed by atoms with Gasteiger partial charge in [-0.2, -0.15) is 0 Å². The molecule has 0 unspecified atom stereocenters. The van der Waals surface area contributed by atoms with Gasteiger partial charge in [0.2, 0.25) is 11.8 Å². The number of urea groups is 1. The second-order valence-electron chi connectivity index (χ2n) is 9.58. The van der Waals surface area contributed by atoms with E-state index in [9.17, 15) is 23.2 Å². The van der Waals surface area contributed by atoms with E-state index in [2.05, 4.69) is 5.32 Å². The lowest BCUT2D eigenvalue weighted by molar-refractivity contribution is -0.189. The Kier molecular flexibility index (Phi) is 7.53. The molecule has 2 aromatic rings. The van der Waals surface area contributed by atoms with Gasteiger partial charge in [0.15, 0.2) is 0 Å². The molecule has 10 heteroatoms. The predicted octanol–water partition coefficient (Wildman–Crippen LogP) is 2.60. The summed E-state index contributed by atoms with van der Waals surface area (Å²) in [5, 5.41) is 5.89. The Balaban J connectivity index is 1.55. The van der Waals surface area contributed by atoms with Crippen molar-refractivity contribution in [2.24, 2.45) is 5.92 Å². The zero-order chi connectivity index (χ0) is 26.0. The standard InChI is InChI=1S/C26H31F2N5O3/c1-17(2)24-25(35)31(13-12-18-4-8-20(27)9-5-18)15-22-32(24)23(34)16-30(3)33(22)26(36)29-14-19-6-10-21(28)11-7-19/h4-11,17,22,24H,12-16H2,1-3H3,(H,29,36)/t22-,24-/m0/s1. The van der Waals surface area contributed by atoms with Gasteiger partial charge in [0.05, 0.1) is 13.1 Å². The molecule has 2 aliphatic heterocycles. The third-order valence-electron chi connectivity index (χ3n) is 6.65. The van der Waals surface area contributed by atoms with E-state index >= 15 is 0 Å². The molecule has 2 atom stereocenters. The van der Waals surface area contributed by atoms with Crippen molar-refractivity contribution in [3.05, 3.63) is 71.3 Å². The molecule has 192 valence electrons. The fourth-order valence-electron chi connectivity index (χ4n) is 4.84. The van der Waals surface area contributed by atoms with Crippen molar-refractivity contribution in [2.45, 2.75) is 39.0 Å². The van der Waals surface area contributed by atoms with Crippen molar-refractivity contribution in [2.75, 3.05) is 26.7 Å². The van der Waals surface area contributed by atoms with Gasteiger partial charge in [-0.15, -0.1) is 0 Å². The summed E-state index contributed by atoms with van der Waals surface area (Å²) in [5.74, 6) is -1.22. The van der Waals surface area contributed by atoms with Crippen LogP contribution >= 0.6 is 0 Å². The lowest BCUT2D eigenvalue weighted by Crippen LogP contribution is -2.76. The number of rotatable bonds is 6. The van der Waals surface area contributed by atoms with Crippen molar-refractivity contribution in [3.8, 4) is 0 Å². The van der Waals surface area contributed by atoms with Crippen LogP contribution in [0.3, 0.4) is 0 Å². The number of halogens is 2. The largest absolute Gasteiger partial charge is 0.337 e. The molecule has 4 amide bonds. The molecule has 0 bridgehead atoms. The van der Waals surface area contributed by atoms with Gasteiger partial charge in [-0.1, -0.05) is 38.1 Å². The lowest BCUT2D eigenvalue weighted by Gasteiger charge is -2.55. The van der Waals surface area contributed by atoms with Crippen LogP contribution in [-0.4, -0.2) is 76.6 Å². The van der Waals surface area contributed by atoms with E-state index in [4.69, 9.17) is 0 Å². The molecule has 2 heterocycles. The summed E-state index contributed by atoms with van der Waals surface area (Å²) in [6.07, 6.45) is -0.160. The number of nitrogens with zero attached hydrogens (tertiary/aromatic N) is 4. The van der Waals surface area contributed by atoms with Crippen LogP contribution in [0.1, 0.15) is 25.0 Å². The summed E-state index contributed by atoms with van der Waals surface area (Å²) in [6, 6.07) is 10.9. The number of piperazine rings is 1. The Morgan fingerprint density at radius 3 is 2.17 bits per heavy atom. The maximum atomic E-state index is 13.4. The van der Waals surface area contributed by atoms with Crippen LogP contribution in [0, 0.1) is 17.6 Å². The molecule has 0 aromatic heterocycles. The van der Waals surface area contributed by atoms with Crippen LogP contribution in [-0.2, 0) is 22.6 Å². The zero-order valence-corrected chi connectivity index (χ0v) is 20.7. The van der Waals surface area contributed by atoms with Crippen LogP contribution in [0.2, 0.25) is 0 Å². The van der Waals surface area contributed by atoms with Gasteiger partial charge in [0.25, 0.3) is 0 Å². The monoisotopic (exact) mass is 499 g/mol. The predicted molar refractivity (Wildman–Crippen MR) is 129 cm³/mol. The van der Waals surface area contributed by atoms with Gasteiger partial charge in [-0.25, -0.2) is 23.6 Å². The van der Waals surface area contributed by atoms with Gasteiger partial charge >= 0.3 is 6.03 Å². The molecule has 36 heavy (non-hydrogen) atoms. The number of benzene rings is 2. The summed E-state index contributed by atoms with van der Waals surface area (Å²) in [4.78, 5) is 43.1. The number of hydrazine groups is 1. The maximum Gasteiger partial charge on any atom is 0.334 e. The molecule has 0 saturated carbocycles. The van der Waals surface area contributed by atoms with Crippen molar-refractivity contribution >= 4 is 17.8 Å². The summed E-state index contributed by atoms with van der Waals surface area (Å²) in [5.41, 5.74) is 1.62. The topological polar surface area (TPSA) is 76.2 Å². The van der Waals surface area contributed by atoms with Gasteiger partial charge in [0.1, 0.15) is 23.8 Å². The number of nitrogens with one attached hydrogen (secondary N) is 1. The second-order valence-corrected chi connectivity index (χ2v) is 9.58. The quantitative estimate of drug-likeness (QED) is 0.663. The molecule has 2 fully saturated rings. The molecule has 2 saturated heterocycles. The number of hydrogen-bond acceptors (Lipinski definition) is 4.